The lowest BCUT2D eigenvalue weighted by Crippen LogP contribution is -2.10. The number of nitrogens with zero attached hydrogens (tertiary/aromatic N) is 5. The number of fused-ring (bicyclic) bond motifs is 6. The van der Waals surface area contributed by atoms with Gasteiger partial charge in [0.15, 0.2) is 5.82 Å². The van der Waals surface area contributed by atoms with Gasteiger partial charge in [-0.2, -0.15) is 10.5 Å². The van der Waals surface area contributed by atoms with Gasteiger partial charge in [-0.1, -0.05) is 102 Å². The molecule has 5 aromatic carbocycles. The molecule has 242 valence electrons. The molecule has 0 fully saturated rings. The summed E-state index contributed by atoms with van der Waals surface area (Å²) in [5.41, 5.74) is 8.87. The van der Waals surface area contributed by atoms with E-state index in [2.05, 4.69) is 107 Å². The second-order valence-corrected chi connectivity index (χ2v) is 16.0. The SMILES string of the molecule is CC(C)(C)c1ccc2c(c1)c1cc(C(C)(C)C)ccc1n2-c1c(C#N)cc(-c2nc(-c3ccccc3)nc3c2sc2ccccc23)cc1C#N. The minimum absolute atomic E-state index is 0.0460. The summed E-state index contributed by atoms with van der Waals surface area (Å²) in [5.74, 6) is 0.601. The van der Waals surface area contributed by atoms with Crippen molar-refractivity contribution >= 4 is 53.4 Å². The number of benzene rings is 5. The van der Waals surface area contributed by atoms with Gasteiger partial charge in [-0.05, 0) is 64.4 Å². The number of rotatable bonds is 3. The molecule has 0 aliphatic carbocycles. The van der Waals surface area contributed by atoms with Crippen molar-refractivity contribution in [3.8, 4) is 40.5 Å². The predicted octanol–water partition coefficient (Wildman–Crippen LogP) is 11.6. The molecule has 3 heterocycles. The topological polar surface area (TPSA) is 78.3 Å². The van der Waals surface area contributed by atoms with Crippen molar-refractivity contribution < 1.29 is 0 Å². The third kappa shape index (κ3) is 5.04. The first-order valence-corrected chi connectivity index (χ1v) is 17.6. The third-order valence-electron chi connectivity index (χ3n) is 9.60. The molecule has 0 atom stereocenters. The zero-order chi connectivity index (χ0) is 34.9. The van der Waals surface area contributed by atoms with Crippen molar-refractivity contribution in [3.05, 3.63) is 125 Å². The Bertz CT molecular complexity index is 2630. The molecule has 3 aromatic heterocycles. The fraction of sp³-hybridized carbons (Fsp3) is 0.182. The molecule has 0 unspecified atom stereocenters. The molecule has 0 aliphatic heterocycles. The van der Waals surface area contributed by atoms with Crippen LogP contribution in [0, 0.1) is 22.7 Å². The van der Waals surface area contributed by atoms with E-state index in [0.29, 0.717) is 33.9 Å². The van der Waals surface area contributed by atoms with E-state index in [4.69, 9.17) is 9.97 Å². The minimum Gasteiger partial charge on any atom is -0.307 e. The highest BCUT2D eigenvalue weighted by atomic mass is 32.1. The van der Waals surface area contributed by atoms with E-state index < -0.39 is 0 Å². The van der Waals surface area contributed by atoms with Crippen LogP contribution in [0.25, 0.3) is 70.4 Å². The molecular formula is C44H35N5S. The van der Waals surface area contributed by atoms with Crippen LogP contribution >= 0.6 is 11.3 Å². The molecule has 0 saturated heterocycles. The number of nitriles is 2. The Morgan fingerprint density at radius 3 is 1.72 bits per heavy atom. The number of hydrogen-bond donors (Lipinski definition) is 0. The second-order valence-electron chi connectivity index (χ2n) is 15.0. The molecule has 0 amide bonds. The highest BCUT2D eigenvalue weighted by molar-refractivity contribution is 7.26. The Hall–Kier alpha value is -5.82. The molecule has 0 bridgehead atoms. The first-order chi connectivity index (χ1) is 24.0. The van der Waals surface area contributed by atoms with Crippen molar-refractivity contribution in [2.24, 2.45) is 0 Å². The number of aromatic nitrogens is 3. The van der Waals surface area contributed by atoms with Crippen molar-refractivity contribution in [3.63, 3.8) is 0 Å². The van der Waals surface area contributed by atoms with Gasteiger partial charge in [0.05, 0.1) is 43.8 Å². The predicted molar refractivity (Wildman–Crippen MR) is 207 cm³/mol. The monoisotopic (exact) mass is 665 g/mol. The molecule has 6 heteroatoms. The van der Waals surface area contributed by atoms with Crippen molar-refractivity contribution in [2.45, 2.75) is 52.4 Å². The molecule has 0 saturated carbocycles. The van der Waals surface area contributed by atoms with Crippen LogP contribution in [0.3, 0.4) is 0 Å². The van der Waals surface area contributed by atoms with E-state index in [9.17, 15) is 10.5 Å². The van der Waals surface area contributed by atoms with E-state index in [0.717, 1.165) is 47.7 Å². The maximum Gasteiger partial charge on any atom is 0.160 e. The van der Waals surface area contributed by atoms with E-state index in [-0.39, 0.29) is 10.8 Å². The van der Waals surface area contributed by atoms with Crippen LogP contribution in [0.1, 0.15) is 63.8 Å². The lowest BCUT2D eigenvalue weighted by molar-refractivity contribution is 0.590. The first kappa shape index (κ1) is 31.4. The summed E-state index contributed by atoms with van der Waals surface area (Å²) in [4.78, 5) is 10.2. The smallest absolute Gasteiger partial charge is 0.160 e. The van der Waals surface area contributed by atoms with Gasteiger partial charge in [0, 0.05) is 32.0 Å². The quantitative estimate of drug-likeness (QED) is 0.188. The van der Waals surface area contributed by atoms with Crippen LogP contribution in [0.2, 0.25) is 0 Å². The summed E-state index contributed by atoms with van der Waals surface area (Å²) >= 11 is 1.63. The average Bonchev–Trinajstić information content (AvgIpc) is 3.65. The molecule has 0 N–H and O–H groups in total. The van der Waals surface area contributed by atoms with Crippen molar-refractivity contribution in [1.29, 1.82) is 10.5 Å². The van der Waals surface area contributed by atoms with E-state index in [1.54, 1.807) is 11.3 Å². The van der Waals surface area contributed by atoms with Crippen molar-refractivity contribution in [1.82, 2.24) is 14.5 Å². The highest BCUT2D eigenvalue weighted by Gasteiger charge is 2.25. The Balaban J connectivity index is 1.43. The summed E-state index contributed by atoms with van der Waals surface area (Å²) in [7, 11) is 0. The first-order valence-electron chi connectivity index (χ1n) is 16.8. The Morgan fingerprint density at radius 1 is 0.600 bits per heavy atom. The van der Waals surface area contributed by atoms with Gasteiger partial charge < -0.3 is 4.57 Å². The summed E-state index contributed by atoms with van der Waals surface area (Å²) in [5, 5.41) is 24.9. The fourth-order valence-corrected chi connectivity index (χ4v) is 8.04. The molecule has 8 aromatic rings. The van der Waals surface area contributed by atoms with E-state index in [1.165, 1.54) is 11.1 Å². The number of thiophene rings is 1. The van der Waals surface area contributed by atoms with E-state index >= 15 is 0 Å². The molecule has 0 radical (unpaired) electrons. The normalized spacial score (nSPS) is 12.2. The van der Waals surface area contributed by atoms with Crippen LogP contribution in [0.5, 0.6) is 0 Å². The Labute approximate surface area is 295 Å². The summed E-state index contributed by atoms with van der Waals surface area (Å²) in [6.45, 7) is 13.3. The lowest BCUT2D eigenvalue weighted by Gasteiger charge is -2.19. The molecule has 5 nitrogen and oxygen atoms in total. The second kappa shape index (κ2) is 11.4. The molecule has 50 heavy (non-hydrogen) atoms. The zero-order valence-electron chi connectivity index (χ0n) is 29.0. The fourth-order valence-electron chi connectivity index (χ4n) is 6.88. The van der Waals surface area contributed by atoms with Gasteiger partial charge in [0.1, 0.15) is 12.1 Å². The standard InChI is InChI=1S/C44H35N5S/c1-43(2,3)30-16-18-35-33(22-30)34-23-31(44(4,5)6)17-19-36(34)49(35)40-28(24-45)20-27(21-29(40)25-46)38-41-39(32-14-10-11-15-37(32)50-41)48-42(47-38)26-12-8-7-9-13-26/h7-23H,1-6H3. The lowest BCUT2D eigenvalue weighted by atomic mass is 9.85. The molecule has 8 rings (SSSR count). The van der Waals surface area contributed by atoms with Gasteiger partial charge in [-0.25, -0.2) is 9.97 Å². The molecular weight excluding hydrogens is 631 g/mol. The van der Waals surface area contributed by atoms with Crippen LogP contribution in [-0.2, 0) is 10.8 Å². The van der Waals surface area contributed by atoms with Crippen molar-refractivity contribution in [2.75, 3.05) is 0 Å². The average molecular weight is 666 g/mol. The third-order valence-corrected chi connectivity index (χ3v) is 10.8. The summed E-state index contributed by atoms with van der Waals surface area (Å²) < 4.78 is 4.14. The molecule has 0 aliphatic rings. The Kier molecular flexibility index (Phi) is 7.15. The van der Waals surface area contributed by atoms with Gasteiger partial charge >= 0.3 is 0 Å². The van der Waals surface area contributed by atoms with Crippen LogP contribution in [0.4, 0.5) is 0 Å². The minimum atomic E-state index is -0.0460. The summed E-state index contributed by atoms with van der Waals surface area (Å²) in [6.07, 6.45) is 0. The number of hydrogen-bond acceptors (Lipinski definition) is 5. The van der Waals surface area contributed by atoms with Crippen LogP contribution < -0.4 is 0 Å². The maximum atomic E-state index is 10.8. The molecule has 0 spiro atoms. The van der Waals surface area contributed by atoms with Crippen LogP contribution in [0.15, 0.2) is 103 Å². The van der Waals surface area contributed by atoms with Crippen LogP contribution in [-0.4, -0.2) is 14.5 Å². The van der Waals surface area contributed by atoms with Gasteiger partial charge in [0.2, 0.25) is 0 Å². The van der Waals surface area contributed by atoms with Gasteiger partial charge in [-0.3, -0.25) is 0 Å². The van der Waals surface area contributed by atoms with Gasteiger partial charge in [-0.15, -0.1) is 11.3 Å². The van der Waals surface area contributed by atoms with E-state index in [1.807, 2.05) is 54.6 Å². The maximum absolute atomic E-state index is 10.8. The largest absolute Gasteiger partial charge is 0.307 e. The highest BCUT2D eigenvalue weighted by Crippen LogP contribution is 2.43. The zero-order valence-corrected chi connectivity index (χ0v) is 29.8. The Morgan fingerprint density at radius 2 is 1.16 bits per heavy atom. The summed E-state index contributed by atoms with van der Waals surface area (Å²) in [6, 6.07) is 40.1. The van der Waals surface area contributed by atoms with Gasteiger partial charge in [0.25, 0.3) is 0 Å².